The average Bonchev–Trinajstić information content (AvgIpc) is 3.16. The minimum absolute atomic E-state index is 0.0376. The van der Waals surface area contributed by atoms with E-state index in [9.17, 15) is 4.79 Å². The minimum Gasteiger partial charge on any atom is -0.383 e. The van der Waals surface area contributed by atoms with E-state index in [1.807, 2.05) is 24.3 Å². The molecule has 2 aromatic carbocycles. The first-order chi connectivity index (χ1) is 14.9. The fourth-order valence-corrected chi connectivity index (χ4v) is 5.20. The summed E-state index contributed by atoms with van der Waals surface area (Å²) in [5.41, 5.74) is 4.93. The molecular formula is C25H30N4O2. The Morgan fingerprint density at radius 3 is 2.58 bits per heavy atom. The van der Waals surface area contributed by atoms with Crippen molar-refractivity contribution in [1.29, 1.82) is 0 Å². The van der Waals surface area contributed by atoms with Crippen molar-refractivity contribution in [3.05, 3.63) is 41.5 Å². The summed E-state index contributed by atoms with van der Waals surface area (Å²) in [5, 5.41) is 8.88. The number of anilines is 2. The second kappa shape index (κ2) is 7.68. The maximum absolute atomic E-state index is 13.6. The molecule has 1 N–H and O–H groups in total. The molecule has 0 bridgehead atoms. The van der Waals surface area contributed by atoms with Crippen LogP contribution >= 0.6 is 0 Å². The SMILES string of the molecule is C[C@@H]1C[C@@H](C)CN(c2cc(NCCN(C)C)c3c4c(onc24)-c2ccccc2C3=O)C1. The highest BCUT2D eigenvalue weighted by Gasteiger charge is 2.34. The first-order valence-electron chi connectivity index (χ1n) is 11.2. The van der Waals surface area contributed by atoms with Crippen molar-refractivity contribution >= 4 is 28.1 Å². The summed E-state index contributed by atoms with van der Waals surface area (Å²) in [6.45, 7) is 8.23. The summed E-state index contributed by atoms with van der Waals surface area (Å²) in [6.07, 6.45) is 1.24. The highest BCUT2D eigenvalue weighted by molar-refractivity contribution is 6.28. The summed E-state index contributed by atoms with van der Waals surface area (Å²) in [5.74, 6) is 1.97. The average molecular weight is 419 g/mol. The Labute approximate surface area is 183 Å². The van der Waals surface area contributed by atoms with Gasteiger partial charge in [0.15, 0.2) is 11.5 Å². The van der Waals surface area contributed by atoms with Gasteiger partial charge in [0.05, 0.1) is 16.6 Å². The maximum Gasteiger partial charge on any atom is 0.196 e. The van der Waals surface area contributed by atoms with Gasteiger partial charge in [-0.25, -0.2) is 0 Å². The van der Waals surface area contributed by atoms with E-state index in [4.69, 9.17) is 4.52 Å². The van der Waals surface area contributed by atoms with Crippen LogP contribution in [0.15, 0.2) is 34.9 Å². The Bertz CT molecular complexity index is 1140. The molecule has 0 radical (unpaired) electrons. The molecule has 1 aliphatic heterocycles. The second-order valence-electron chi connectivity index (χ2n) is 9.51. The molecule has 1 saturated heterocycles. The normalized spacial score (nSPS) is 20.4. The van der Waals surface area contributed by atoms with Gasteiger partial charge in [-0.05, 0) is 38.4 Å². The highest BCUT2D eigenvalue weighted by atomic mass is 16.5. The highest BCUT2D eigenvalue weighted by Crippen LogP contribution is 2.46. The number of aromatic nitrogens is 1. The van der Waals surface area contributed by atoms with Gasteiger partial charge in [-0.3, -0.25) is 4.79 Å². The van der Waals surface area contributed by atoms with Crippen LogP contribution in [0.1, 0.15) is 36.2 Å². The number of piperidine rings is 1. The van der Waals surface area contributed by atoms with E-state index in [1.54, 1.807) is 0 Å². The Kier molecular flexibility index (Phi) is 4.97. The molecule has 0 spiro atoms. The van der Waals surface area contributed by atoms with Crippen molar-refractivity contribution in [3.8, 4) is 11.3 Å². The second-order valence-corrected chi connectivity index (χ2v) is 9.51. The van der Waals surface area contributed by atoms with E-state index in [0.29, 0.717) is 28.7 Å². The molecule has 6 heteroatoms. The predicted molar refractivity (Wildman–Crippen MR) is 125 cm³/mol. The molecule has 2 aliphatic rings. The van der Waals surface area contributed by atoms with E-state index < -0.39 is 0 Å². The number of benzene rings is 2. The Morgan fingerprint density at radius 2 is 1.87 bits per heavy atom. The van der Waals surface area contributed by atoms with Crippen LogP contribution in [0.3, 0.4) is 0 Å². The Balaban J connectivity index is 1.70. The molecule has 0 amide bonds. The number of carbonyl (C=O) groups excluding carboxylic acids is 1. The molecular weight excluding hydrogens is 388 g/mol. The van der Waals surface area contributed by atoms with Crippen molar-refractivity contribution in [1.82, 2.24) is 10.1 Å². The lowest BCUT2D eigenvalue weighted by Crippen LogP contribution is -2.39. The quantitative estimate of drug-likeness (QED) is 0.515. The summed E-state index contributed by atoms with van der Waals surface area (Å²) >= 11 is 0. The molecule has 2 heterocycles. The number of likely N-dealkylation sites (N-methyl/N-ethyl adjacent to an activating group) is 1. The molecule has 0 unspecified atom stereocenters. The van der Waals surface area contributed by atoms with Crippen molar-refractivity contribution < 1.29 is 9.32 Å². The fraction of sp³-hybridized carbons (Fsp3) is 0.440. The van der Waals surface area contributed by atoms with E-state index in [2.05, 4.69) is 54.3 Å². The summed E-state index contributed by atoms with van der Waals surface area (Å²) in [7, 11) is 4.10. The largest absolute Gasteiger partial charge is 0.383 e. The van der Waals surface area contributed by atoms with Gasteiger partial charge in [-0.15, -0.1) is 0 Å². The molecule has 0 saturated carbocycles. The molecule has 1 fully saturated rings. The van der Waals surface area contributed by atoms with Gasteiger partial charge in [0.2, 0.25) is 0 Å². The summed E-state index contributed by atoms with van der Waals surface area (Å²) in [6, 6.07) is 9.79. The van der Waals surface area contributed by atoms with E-state index >= 15 is 0 Å². The van der Waals surface area contributed by atoms with E-state index in [0.717, 1.165) is 54.0 Å². The third-order valence-corrected chi connectivity index (χ3v) is 6.46. The number of fused-ring (bicyclic) bond motifs is 2. The van der Waals surface area contributed by atoms with Gasteiger partial charge in [-0.1, -0.05) is 43.3 Å². The smallest absolute Gasteiger partial charge is 0.196 e. The number of nitrogens with one attached hydrogen (secondary N) is 1. The van der Waals surface area contributed by atoms with Gasteiger partial charge in [0.25, 0.3) is 0 Å². The minimum atomic E-state index is 0.0376. The third kappa shape index (κ3) is 3.39. The first-order valence-corrected chi connectivity index (χ1v) is 11.2. The van der Waals surface area contributed by atoms with Gasteiger partial charge < -0.3 is 19.6 Å². The topological polar surface area (TPSA) is 61.6 Å². The third-order valence-electron chi connectivity index (χ3n) is 6.46. The molecule has 162 valence electrons. The zero-order chi connectivity index (χ0) is 21.7. The summed E-state index contributed by atoms with van der Waals surface area (Å²) < 4.78 is 5.89. The van der Waals surface area contributed by atoms with Gasteiger partial charge in [0, 0.05) is 43.0 Å². The lowest BCUT2D eigenvalue weighted by molar-refractivity contribution is 0.104. The van der Waals surface area contributed by atoms with Crippen LogP contribution in [-0.2, 0) is 0 Å². The number of ketones is 1. The molecule has 6 nitrogen and oxygen atoms in total. The van der Waals surface area contributed by atoms with Crippen LogP contribution in [0.4, 0.5) is 11.4 Å². The zero-order valence-electron chi connectivity index (χ0n) is 18.7. The van der Waals surface area contributed by atoms with Gasteiger partial charge in [0.1, 0.15) is 5.52 Å². The van der Waals surface area contributed by atoms with Crippen LogP contribution in [0.5, 0.6) is 0 Å². The van der Waals surface area contributed by atoms with Crippen LogP contribution in [0.2, 0.25) is 0 Å². The standard InChI is InChI=1S/C25H30N4O2/c1-15-11-16(2)14-29(13-15)20-12-19(26-9-10-28(3)4)21-22-23(20)27-31-25(22)18-8-6-5-7-17(18)24(21)30/h5-8,12,15-16,26H,9-11,13-14H2,1-4H3/t15-,16-/m1/s1. The Hall–Kier alpha value is -2.86. The molecule has 2 atom stereocenters. The van der Waals surface area contributed by atoms with Gasteiger partial charge in [-0.2, -0.15) is 0 Å². The molecule has 3 aromatic rings. The molecule has 31 heavy (non-hydrogen) atoms. The van der Waals surface area contributed by atoms with Crippen molar-refractivity contribution in [2.75, 3.05) is 50.5 Å². The maximum atomic E-state index is 13.6. The van der Waals surface area contributed by atoms with Crippen molar-refractivity contribution in [3.63, 3.8) is 0 Å². The lowest BCUT2D eigenvalue weighted by Gasteiger charge is -2.37. The number of nitrogens with zero attached hydrogens (tertiary/aromatic N) is 3. The predicted octanol–water partition coefficient (Wildman–Crippen LogP) is 4.50. The Morgan fingerprint density at radius 1 is 1.16 bits per heavy atom. The van der Waals surface area contributed by atoms with Crippen LogP contribution in [-0.4, -0.2) is 56.1 Å². The van der Waals surface area contributed by atoms with Crippen molar-refractivity contribution in [2.24, 2.45) is 11.8 Å². The summed E-state index contributed by atoms with van der Waals surface area (Å²) in [4.78, 5) is 18.1. The first kappa shape index (κ1) is 20.1. The number of hydrogen-bond donors (Lipinski definition) is 1. The number of rotatable bonds is 5. The van der Waals surface area contributed by atoms with Crippen LogP contribution in [0, 0.1) is 11.8 Å². The molecule has 5 rings (SSSR count). The number of hydrogen-bond acceptors (Lipinski definition) is 6. The molecule has 1 aliphatic carbocycles. The lowest BCUT2D eigenvalue weighted by atomic mass is 9.85. The molecule has 1 aromatic heterocycles. The zero-order valence-corrected chi connectivity index (χ0v) is 18.7. The number of carbonyl (C=O) groups is 1. The van der Waals surface area contributed by atoms with Crippen LogP contribution in [0.25, 0.3) is 22.2 Å². The monoisotopic (exact) mass is 418 g/mol. The van der Waals surface area contributed by atoms with Crippen LogP contribution < -0.4 is 10.2 Å². The van der Waals surface area contributed by atoms with E-state index in [-0.39, 0.29) is 5.78 Å². The van der Waals surface area contributed by atoms with Crippen molar-refractivity contribution in [2.45, 2.75) is 20.3 Å². The van der Waals surface area contributed by atoms with E-state index in [1.165, 1.54) is 6.42 Å². The van der Waals surface area contributed by atoms with Gasteiger partial charge >= 0.3 is 0 Å². The fourth-order valence-electron chi connectivity index (χ4n) is 5.20.